The number of amides is 1. The summed E-state index contributed by atoms with van der Waals surface area (Å²) in [6.45, 7) is 0.990. The fourth-order valence-corrected chi connectivity index (χ4v) is 4.92. The maximum Gasteiger partial charge on any atom is 0.230 e. The average Bonchev–Trinajstić information content (AvgIpc) is 3.28. The van der Waals surface area contributed by atoms with E-state index in [1.807, 2.05) is 42.5 Å². The number of hydrogen-bond acceptors (Lipinski definition) is 6. The highest BCUT2D eigenvalue weighted by Crippen LogP contribution is 2.23. The topological polar surface area (TPSA) is 78.3 Å². The molecule has 34 heavy (non-hydrogen) atoms. The molecule has 1 aliphatic rings. The minimum absolute atomic E-state index is 0.0590. The summed E-state index contributed by atoms with van der Waals surface area (Å²) in [4.78, 5) is 12.5. The normalized spacial score (nSPS) is 14.0. The lowest BCUT2D eigenvalue weighted by atomic mass is 9.95. The minimum atomic E-state index is 0.0590. The van der Waals surface area contributed by atoms with Crippen molar-refractivity contribution in [1.82, 2.24) is 20.1 Å². The number of carbonyl (C=O) groups excluding carboxylic acids is 1. The molecular weight excluding hydrogens is 448 g/mol. The molecule has 1 amide bonds. The Balaban J connectivity index is 1.41. The summed E-state index contributed by atoms with van der Waals surface area (Å²) in [6, 6.07) is 18.1. The van der Waals surface area contributed by atoms with Crippen LogP contribution in [-0.4, -0.2) is 39.6 Å². The van der Waals surface area contributed by atoms with Gasteiger partial charge in [0, 0.05) is 18.7 Å². The predicted molar refractivity (Wildman–Crippen MR) is 133 cm³/mol. The highest BCUT2D eigenvalue weighted by Gasteiger charge is 2.18. The second-order valence-electron chi connectivity index (χ2n) is 8.44. The van der Waals surface area contributed by atoms with Gasteiger partial charge < -0.3 is 19.4 Å². The van der Waals surface area contributed by atoms with Crippen LogP contribution >= 0.6 is 11.8 Å². The van der Waals surface area contributed by atoms with Crippen molar-refractivity contribution < 1.29 is 14.3 Å². The molecule has 4 rings (SSSR count). The number of hydrogen-bond donors (Lipinski definition) is 1. The van der Waals surface area contributed by atoms with Gasteiger partial charge in [0.2, 0.25) is 5.91 Å². The van der Waals surface area contributed by atoms with Crippen LogP contribution in [0, 0.1) is 0 Å². The minimum Gasteiger partial charge on any atom is -0.497 e. The summed E-state index contributed by atoms with van der Waals surface area (Å²) in [6.07, 6.45) is 6.66. The summed E-state index contributed by atoms with van der Waals surface area (Å²) in [7, 11) is 1.63. The first kappa shape index (κ1) is 24.1. The molecule has 0 saturated heterocycles. The second kappa shape index (κ2) is 12.5. The Morgan fingerprint density at radius 1 is 1.06 bits per heavy atom. The molecule has 180 valence electrons. The summed E-state index contributed by atoms with van der Waals surface area (Å²) < 4.78 is 13.3. The fourth-order valence-electron chi connectivity index (χ4n) is 4.13. The molecule has 1 fully saturated rings. The first-order chi connectivity index (χ1) is 16.7. The number of aromatic nitrogens is 3. The molecule has 2 aromatic carbocycles. The van der Waals surface area contributed by atoms with Gasteiger partial charge in [-0.15, -0.1) is 10.2 Å². The lowest BCUT2D eigenvalue weighted by molar-refractivity contribution is -0.119. The number of nitrogens with zero attached hydrogens (tertiary/aromatic N) is 3. The molecule has 0 unspecified atom stereocenters. The van der Waals surface area contributed by atoms with E-state index in [1.165, 1.54) is 36.6 Å². The smallest absolute Gasteiger partial charge is 0.230 e. The number of carbonyl (C=O) groups is 1. The Morgan fingerprint density at radius 3 is 2.65 bits per heavy atom. The van der Waals surface area contributed by atoms with Gasteiger partial charge in [-0.3, -0.25) is 4.79 Å². The Hall–Kier alpha value is -3.00. The predicted octanol–water partition coefficient (Wildman–Crippen LogP) is 4.65. The molecule has 0 spiro atoms. The van der Waals surface area contributed by atoms with Gasteiger partial charge in [0.05, 0.1) is 12.9 Å². The number of aryl methyl sites for hydroxylation is 1. The summed E-state index contributed by atoms with van der Waals surface area (Å²) in [5, 5.41) is 12.7. The lowest BCUT2D eigenvalue weighted by Crippen LogP contribution is -2.37. The van der Waals surface area contributed by atoms with E-state index in [1.54, 1.807) is 7.11 Å². The zero-order valence-electron chi connectivity index (χ0n) is 19.6. The van der Waals surface area contributed by atoms with Crippen LogP contribution in [-0.2, 0) is 24.4 Å². The third kappa shape index (κ3) is 7.00. The zero-order chi connectivity index (χ0) is 23.6. The number of thioether (sulfide) groups is 1. The Morgan fingerprint density at radius 2 is 1.85 bits per heavy atom. The van der Waals surface area contributed by atoms with E-state index < -0.39 is 0 Å². The molecule has 0 atom stereocenters. The van der Waals surface area contributed by atoms with Gasteiger partial charge >= 0.3 is 0 Å². The van der Waals surface area contributed by atoms with Crippen LogP contribution in [0.3, 0.4) is 0 Å². The average molecular weight is 481 g/mol. The Bertz CT molecular complexity index is 1050. The molecule has 1 aliphatic carbocycles. The van der Waals surface area contributed by atoms with Crippen molar-refractivity contribution in [3.63, 3.8) is 0 Å². The van der Waals surface area contributed by atoms with Gasteiger partial charge in [0.15, 0.2) is 11.0 Å². The number of ether oxygens (including phenoxy) is 2. The maximum atomic E-state index is 12.5. The summed E-state index contributed by atoms with van der Waals surface area (Å²) >= 11 is 1.43. The third-order valence-electron chi connectivity index (χ3n) is 5.97. The lowest BCUT2D eigenvalue weighted by Gasteiger charge is -2.22. The van der Waals surface area contributed by atoms with Crippen molar-refractivity contribution in [2.24, 2.45) is 0 Å². The van der Waals surface area contributed by atoms with Crippen LogP contribution in [0.25, 0.3) is 0 Å². The summed E-state index contributed by atoms with van der Waals surface area (Å²) in [5.74, 6) is 2.57. The van der Waals surface area contributed by atoms with Crippen LogP contribution in [0.2, 0.25) is 0 Å². The van der Waals surface area contributed by atoms with E-state index in [0.717, 1.165) is 36.0 Å². The molecule has 1 heterocycles. The second-order valence-corrected chi connectivity index (χ2v) is 9.39. The standard InChI is InChI=1S/C26H32N4O3S/c1-32-22-13-8-14-23(17-22)33-18-24-28-29-26(30(24)16-15-20-9-4-2-5-10-20)34-19-25(31)27-21-11-6-3-7-12-21/h2,4-5,8-10,13-14,17,21H,3,6-7,11-12,15-16,18-19H2,1H3,(H,27,31). The zero-order valence-corrected chi connectivity index (χ0v) is 20.4. The molecule has 1 aromatic heterocycles. The summed E-state index contributed by atoms with van der Waals surface area (Å²) in [5.41, 5.74) is 1.24. The van der Waals surface area contributed by atoms with Gasteiger partial charge in [0.1, 0.15) is 18.1 Å². The van der Waals surface area contributed by atoms with Crippen molar-refractivity contribution in [2.75, 3.05) is 12.9 Å². The van der Waals surface area contributed by atoms with E-state index in [-0.39, 0.29) is 12.5 Å². The molecule has 3 aromatic rings. The molecule has 0 bridgehead atoms. The monoisotopic (exact) mass is 480 g/mol. The van der Waals surface area contributed by atoms with E-state index in [0.29, 0.717) is 24.1 Å². The third-order valence-corrected chi connectivity index (χ3v) is 6.94. The molecule has 1 saturated carbocycles. The van der Waals surface area contributed by atoms with E-state index in [4.69, 9.17) is 9.47 Å². The van der Waals surface area contributed by atoms with Crippen LogP contribution < -0.4 is 14.8 Å². The number of methoxy groups -OCH3 is 1. The highest BCUT2D eigenvalue weighted by molar-refractivity contribution is 7.99. The van der Waals surface area contributed by atoms with Crippen LogP contribution in [0.15, 0.2) is 59.8 Å². The molecule has 7 nitrogen and oxygen atoms in total. The van der Waals surface area contributed by atoms with E-state index >= 15 is 0 Å². The van der Waals surface area contributed by atoms with Gasteiger partial charge in [-0.2, -0.15) is 0 Å². The van der Waals surface area contributed by atoms with Crippen molar-refractivity contribution in [3.8, 4) is 11.5 Å². The molecular formula is C26H32N4O3S. The van der Waals surface area contributed by atoms with Crippen LogP contribution in [0.5, 0.6) is 11.5 Å². The Labute approximate surface area is 205 Å². The maximum absolute atomic E-state index is 12.5. The van der Waals surface area contributed by atoms with Crippen LogP contribution in [0.4, 0.5) is 0 Å². The quantitative estimate of drug-likeness (QED) is 0.403. The Kier molecular flexibility index (Phi) is 8.84. The van der Waals surface area contributed by atoms with Gasteiger partial charge in [-0.05, 0) is 37.0 Å². The van der Waals surface area contributed by atoms with Gasteiger partial charge in [-0.25, -0.2) is 0 Å². The molecule has 1 N–H and O–H groups in total. The van der Waals surface area contributed by atoms with Crippen molar-refractivity contribution in [1.29, 1.82) is 0 Å². The highest BCUT2D eigenvalue weighted by atomic mass is 32.2. The van der Waals surface area contributed by atoms with E-state index in [2.05, 4.69) is 32.2 Å². The molecule has 8 heteroatoms. The van der Waals surface area contributed by atoms with Crippen molar-refractivity contribution in [2.45, 2.75) is 62.9 Å². The number of benzene rings is 2. The van der Waals surface area contributed by atoms with Crippen molar-refractivity contribution >= 4 is 17.7 Å². The van der Waals surface area contributed by atoms with E-state index in [9.17, 15) is 4.79 Å². The SMILES string of the molecule is COc1cccc(OCc2nnc(SCC(=O)NC3CCCCC3)n2CCc2ccccc2)c1. The molecule has 0 radical (unpaired) electrons. The largest absolute Gasteiger partial charge is 0.497 e. The fraction of sp³-hybridized carbons (Fsp3) is 0.423. The van der Waals surface area contributed by atoms with Gasteiger partial charge in [-0.1, -0.05) is 67.4 Å². The van der Waals surface area contributed by atoms with Crippen molar-refractivity contribution in [3.05, 3.63) is 66.0 Å². The van der Waals surface area contributed by atoms with Crippen LogP contribution in [0.1, 0.15) is 43.5 Å². The number of rotatable bonds is 11. The molecule has 0 aliphatic heterocycles. The first-order valence-corrected chi connectivity index (χ1v) is 12.8. The first-order valence-electron chi connectivity index (χ1n) is 11.9. The number of nitrogens with one attached hydrogen (secondary N) is 1. The van der Waals surface area contributed by atoms with Gasteiger partial charge in [0.25, 0.3) is 0 Å².